The molecule has 1 aliphatic carbocycles. The van der Waals surface area contributed by atoms with Crippen molar-refractivity contribution in [3.05, 3.63) is 34.3 Å². The molecule has 6 nitrogen and oxygen atoms in total. The van der Waals surface area contributed by atoms with E-state index in [1.165, 1.54) is 5.56 Å². The molecule has 0 saturated heterocycles. The Morgan fingerprint density at radius 1 is 1.28 bits per heavy atom. The van der Waals surface area contributed by atoms with Gasteiger partial charge >= 0.3 is 0 Å². The third-order valence-corrected chi connectivity index (χ3v) is 5.89. The van der Waals surface area contributed by atoms with Crippen LogP contribution >= 0.6 is 11.5 Å². The van der Waals surface area contributed by atoms with Crippen molar-refractivity contribution in [2.24, 2.45) is 5.92 Å². The molecule has 1 aromatic carbocycles. The van der Waals surface area contributed by atoms with Crippen molar-refractivity contribution in [2.75, 3.05) is 16.8 Å². The summed E-state index contributed by atoms with van der Waals surface area (Å²) < 4.78 is 3.80. The summed E-state index contributed by atoms with van der Waals surface area (Å²) in [5, 5.41) is 6.77. The number of amides is 2. The van der Waals surface area contributed by atoms with Gasteiger partial charge in [-0.3, -0.25) is 9.59 Å². The van der Waals surface area contributed by atoms with Crippen molar-refractivity contribution in [1.29, 1.82) is 0 Å². The van der Waals surface area contributed by atoms with Gasteiger partial charge in [-0.25, -0.2) is 0 Å². The van der Waals surface area contributed by atoms with Gasteiger partial charge in [0, 0.05) is 23.8 Å². The maximum absolute atomic E-state index is 12.8. The van der Waals surface area contributed by atoms with Crippen molar-refractivity contribution in [2.45, 2.75) is 39.0 Å². The molecule has 1 aromatic heterocycles. The zero-order chi connectivity index (χ0) is 17.4. The van der Waals surface area contributed by atoms with Gasteiger partial charge in [0.15, 0.2) is 0 Å². The molecule has 0 bridgehead atoms. The Labute approximate surface area is 150 Å². The summed E-state index contributed by atoms with van der Waals surface area (Å²) in [6, 6.07) is 5.81. The van der Waals surface area contributed by atoms with Gasteiger partial charge in [0.25, 0.3) is 5.91 Å². The number of carbonyl (C=O) groups is 2. The Kier molecular flexibility index (Phi) is 4.25. The Bertz CT molecular complexity index is 826. The largest absolute Gasteiger partial charge is 0.321 e. The summed E-state index contributed by atoms with van der Waals surface area (Å²) in [5.41, 5.74) is 3.43. The molecule has 4 rings (SSSR count). The summed E-state index contributed by atoms with van der Waals surface area (Å²) in [6.07, 6.45) is 5.17. The van der Waals surface area contributed by atoms with Crippen LogP contribution in [0.4, 0.5) is 11.4 Å². The van der Waals surface area contributed by atoms with E-state index in [0.29, 0.717) is 16.3 Å². The Morgan fingerprint density at radius 3 is 2.80 bits per heavy atom. The number of fused-ring (bicyclic) bond motifs is 1. The number of hydrogen-bond donors (Lipinski definition) is 1. The second kappa shape index (κ2) is 6.55. The fourth-order valence-electron chi connectivity index (χ4n) is 3.71. The van der Waals surface area contributed by atoms with Gasteiger partial charge in [0.2, 0.25) is 5.91 Å². The second-order valence-electron chi connectivity index (χ2n) is 6.71. The third kappa shape index (κ3) is 3.04. The zero-order valence-electron chi connectivity index (χ0n) is 14.1. The van der Waals surface area contributed by atoms with Crippen LogP contribution in [0.5, 0.6) is 0 Å². The fraction of sp³-hybridized carbons (Fsp3) is 0.444. The topological polar surface area (TPSA) is 75.2 Å². The minimum absolute atomic E-state index is 0.162. The second-order valence-corrected chi connectivity index (χ2v) is 7.46. The lowest BCUT2D eigenvalue weighted by Gasteiger charge is -2.21. The van der Waals surface area contributed by atoms with Gasteiger partial charge in [-0.2, -0.15) is 0 Å². The van der Waals surface area contributed by atoms with Gasteiger partial charge in [0.1, 0.15) is 4.88 Å². The molecule has 0 atom stereocenters. The highest BCUT2D eigenvalue weighted by Crippen LogP contribution is 2.35. The highest BCUT2D eigenvalue weighted by molar-refractivity contribution is 7.08. The molecule has 0 spiro atoms. The first-order chi connectivity index (χ1) is 12.1. The molecule has 2 aliphatic rings. The molecule has 1 fully saturated rings. The van der Waals surface area contributed by atoms with Crippen LogP contribution in [0.3, 0.4) is 0 Å². The molecule has 1 aliphatic heterocycles. The Morgan fingerprint density at radius 2 is 2.08 bits per heavy atom. The van der Waals surface area contributed by atoms with Crippen LogP contribution < -0.4 is 10.2 Å². The number of nitrogens with zero attached hydrogens (tertiary/aromatic N) is 3. The number of carbonyl (C=O) groups excluding carboxylic acids is 2. The first-order valence-electron chi connectivity index (χ1n) is 8.68. The fourth-order valence-corrected chi connectivity index (χ4v) is 4.26. The molecule has 25 heavy (non-hydrogen) atoms. The SMILES string of the molecule is Cc1nnsc1C(=O)Nc1ccc2c(c1)N(C(=O)C1CCCC1)CC2. The van der Waals surface area contributed by atoms with Crippen LogP contribution in [0, 0.1) is 12.8 Å². The van der Waals surface area contributed by atoms with Crippen LogP contribution in [-0.4, -0.2) is 27.9 Å². The molecule has 2 heterocycles. The number of benzene rings is 1. The van der Waals surface area contributed by atoms with E-state index < -0.39 is 0 Å². The highest BCUT2D eigenvalue weighted by Gasteiger charge is 2.32. The van der Waals surface area contributed by atoms with Gasteiger partial charge in [-0.1, -0.05) is 23.4 Å². The monoisotopic (exact) mass is 356 g/mol. The lowest BCUT2D eigenvalue weighted by molar-refractivity contribution is -0.122. The minimum atomic E-state index is -0.209. The Hall–Kier alpha value is -2.28. The van der Waals surface area contributed by atoms with Crippen molar-refractivity contribution in [3.8, 4) is 0 Å². The van der Waals surface area contributed by atoms with E-state index >= 15 is 0 Å². The van der Waals surface area contributed by atoms with Crippen LogP contribution in [0.25, 0.3) is 0 Å². The van der Waals surface area contributed by atoms with E-state index in [-0.39, 0.29) is 17.7 Å². The molecular formula is C18H20N4O2S. The van der Waals surface area contributed by atoms with E-state index in [1.54, 1.807) is 6.92 Å². The number of nitrogens with one attached hydrogen (secondary N) is 1. The van der Waals surface area contributed by atoms with E-state index in [9.17, 15) is 9.59 Å². The Balaban J connectivity index is 1.55. The molecular weight excluding hydrogens is 336 g/mol. The molecule has 0 radical (unpaired) electrons. The molecule has 1 saturated carbocycles. The highest BCUT2D eigenvalue weighted by atomic mass is 32.1. The van der Waals surface area contributed by atoms with Crippen LogP contribution in [0.15, 0.2) is 18.2 Å². The number of aromatic nitrogens is 2. The molecule has 1 N–H and O–H groups in total. The minimum Gasteiger partial charge on any atom is -0.321 e. The average Bonchev–Trinajstić information content (AvgIpc) is 3.34. The molecule has 130 valence electrons. The summed E-state index contributed by atoms with van der Waals surface area (Å²) in [7, 11) is 0. The number of aryl methyl sites for hydroxylation is 1. The smallest absolute Gasteiger partial charge is 0.269 e. The number of rotatable bonds is 3. The molecule has 0 unspecified atom stereocenters. The quantitative estimate of drug-likeness (QED) is 0.916. The lowest BCUT2D eigenvalue weighted by Crippen LogP contribution is -2.33. The standard InChI is InChI=1S/C18H20N4O2S/c1-11-16(25-21-20-11)17(23)19-14-7-6-12-8-9-22(15(12)10-14)18(24)13-4-2-3-5-13/h6-7,10,13H,2-5,8-9H2,1H3,(H,19,23). The normalized spacial score (nSPS) is 16.9. The van der Waals surface area contributed by atoms with Crippen LogP contribution in [0.2, 0.25) is 0 Å². The van der Waals surface area contributed by atoms with E-state index in [1.807, 2.05) is 23.1 Å². The van der Waals surface area contributed by atoms with Crippen molar-refractivity contribution in [1.82, 2.24) is 9.59 Å². The number of anilines is 2. The average molecular weight is 356 g/mol. The molecule has 2 aromatic rings. The maximum Gasteiger partial charge on any atom is 0.269 e. The van der Waals surface area contributed by atoms with E-state index in [2.05, 4.69) is 14.9 Å². The maximum atomic E-state index is 12.8. The number of hydrogen-bond acceptors (Lipinski definition) is 5. The summed E-state index contributed by atoms with van der Waals surface area (Å²) in [5.74, 6) is 0.191. The zero-order valence-corrected chi connectivity index (χ0v) is 14.9. The van der Waals surface area contributed by atoms with Gasteiger partial charge in [-0.15, -0.1) is 5.10 Å². The van der Waals surface area contributed by atoms with E-state index in [0.717, 1.165) is 55.9 Å². The first kappa shape index (κ1) is 16.2. The van der Waals surface area contributed by atoms with Crippen molar-refractivity contribution >= 4 is 34.7 Å². The molecule has 7 heteroatoms. The van der Waals surface area contributed by atoms with Crippen LogP contribution in [-0.2, 0) is 11.2 Å². The van der Waals surface area contributed by atoms with Gasteiger partial charge in [-0.05, 0) is 55.4 Å². The summed E-state index contributed by atoms with van der Waals surface area (Å²) in [6.45, 7) is 2.50. The summed E-state index contributed by atoms with van der Waals surface area (Å²) >= 11 is 1.09. The third-order valence-electron chi connectivity index (χ3n) is 5.07. The first-order valence-corrected chi connectivity index (χ1v) is 9.45. The van der Waals surface area contributed by atoms with Gasteiger partial charge < -0.3 is 10.2 Å². The van der Waals surface area contributed by atoms with Crippen LogP contribution in [0.1, 0.15) is 46.6 Å². The van der Waals surface area contributed by atoms with Crippen molar-refractivity contribution in [3.63, 3.8) is 0 Å². The van der Waals surface area contributed by atoms with Gasteiger partial charge in [0.05, 0.1) is 5.69 Å². The summed E-state index contributed by atoms with van der Waals surface area (Å²) in [4.78, 5) is 27.6. The lowest BCUT2D eigenvalue weighted by atomic mass is 10.1. The predicted octanol–water partition coefficient (Wildman–Crippen LogP) is 3.18. The van der Waals surface area contributed by atoms with E-state index in [4.69, 9.17) is 0 Å². The predicted molar refractivity (Wildman–Crippen MR) is 97.1 cm³/mol. The molecule has 2 amide bonds. The van der Waals surface area contributed by atoms with Crippen molar-refractivity contribution < 1.29 is 9.59 Å².